The Morgan fingerprint density at radius 3 is 3.14 bits per heavy atom. The van der Waals surface area contributed by atoms with Crippen LogP contribution in [0.4, 0.5) is 0 Å². The second-order valence-electron chi connectivity index (χ2n) is 3.74. The highest BCUT2D eigenvalue weighted by Gasteiger charge is 2.09. The molecule has 1 aliphatic carbocycles. The fourth-order valence-electron chi connectivity index (χ4n) is 1.69. The summed E-state index contributed by atoms with van der Waals surface area (Å²) in [6.45, 7) is 2.97. The monoisotopic (exact) mass is 208 g/mol. The van der Waals surface area contributed by atoms with E-state index in [0.717, 1.165) is 12.2 Å². The molecule has 1 atom stereocenters. The van der Waals surface area contributed by atoms with Gasteiger partial charge in [0.1, 0.15) is 5.01 Å². The molecule has 0 aliphatic heterocycles. The Balaban J connectivity index is 1.79. The summed E-state index contributed by atoms with van der Waals surface area (Å²) in [6.07, 6.45) is 8.19. The standard InChI is InChI=1S/C11H16N2S/c1-9-8-14-11(13-9)7-12-10-5-3-2-4-6-10/h2-3,8,10,12H,4-7H2,1H3. The second kappa shape index (κ2) is 4.71. The van der Waals surface area contributed by atoms with Crippen molar-refractivity contribution in [2.75, 3.05) is 0 Å². The molecule has 1 N–H and O–H groups in total. The van der Waals surface area contributed by atoms with E-state index >= 15 is 0 Å². The van der Waals surface area contributed by atoms with Gasteiger partial charge in [-0.1, -0.05) is 12.2 Å². The smallest absolute Gasteiger partial charge is 0.107 e. The SMILES string of the molecule is Cc1csc(CNC2CC=CCC2)n1. The van der Waals surface area contributed by atoms with Crippen molar-refractivity contribution >= 4 is 11.3 Å². The molecule has 0 bridgehead atoms. The van der Waals surface area contributed by atoms with Gasteiger partial charge in [-0.15, -0.1) is 11.3 Å². The lowest BCUT2D eigenvalue weighted by molar-refractivity contribution is 0.473. The molecule has 0 radical (unpaired) electrons. The van der Waals surface area contributed by atoms with Crippen molar-refractivity contribution in [3.8, 4) is 0 Å². The maximum Gasteiger partial charge on any atom is 0.107 e. The van der Waals surface area contributed by atoms with Crippen LogP contribution in [-0.4, -0.2) is 11.0 Å². The average Bonchev–Trinajstić information content (AvgIpc) is 2.63. The van der Waals surface area contributed by atoms with Gasteiger partial charge >= 0.3 is 0 Å². The maximum atomic E-state index is 4.43. The van der Waals surface area contributed by atoms with Crippen LogP contribution in [-0.2, 0) is 6.54 Å². The number of hydrogen-bond donors (Lipinski definition) is 1. The molecule has 2 nitrogen and oxygen atoms in total. The predicted octanol–water partition coefficient (Wildman–Crippen LogP) is 2.65. The number of rotatable bonds is 3. The van der Waals surface area contributed by atoms with E-state index in [4.69, 9.17) is 0 Å². The van der Waals surface area contributed by atoms with Gasteiger partial charge in [-0.3, -0.25) is 0 Å². The van der Waals surface area contributed by atoms with Gasteiger partial charge < -0.3 is 5.32 Å². The molecule has 0 amide bonds. The Labute approximate surface area is 89.1 Å². The molecule has 2 rings (SSSR count). The molecule has 1 aromatic heterocycles. The Kier molecular flexibility index (Phi) is 3.32. The van der Waals surface area contributed by atoms with Gasteiger partial charge in [-0.05, 0) is 26.2 Å². The molecule has 0 fully saturated rings. The van der Waals surface area contributed by atoms with Gasteiger partial charge in [0.05, 0.1) is 0 Å². The minimum atomic E-state index is 0.657. The summed E-state index contributed by atoms with van der Waals surface area (Å²) >= 11 is 1.75. The number of aromatic nitrogens is 1. The third-order valence-corrected chi connectivity index (χ3v) is 3.44. The molecule has 0 spiro atoms. The topological polar surface area (TPSA) is 24.9 Å². The van der Waals surface area contributed by atoms with Gasteiger partial charge in [0.25, 0.3) is 0 Å². The van der Waals surface area contributed by atoms with E-state index < -0.39 is 0 Å². The fraction of sp³-hybridized carbons (Fsp3) is 0.545. The number of thiazole rings is 1. The van der Waals surface area contributed by atoms with Crippen LogP contribution in [0, 0.1) is 6.92 Å². The predicted molar refractivity (Wildman–Crippen MR) is 60.5 cm³/mol. The van der Waals surface area contributed by atoms with Crippen molar-refractivity contribution in [2.45, 2.75) is 38.8 Å². The summed E-state index contributed by atoms with van der Waals surface area (Å²) in [7, 11) is 0. The zero-order chi connectivity index (χ0) is 9.80. The van der Waals surface area contributed by atoms with Crippen LogP contribution in [0.1, 0.15) is 30.0 Å². The normalized spacial score (nSPS) is 21.4. The Morgan fingerprint density at radius 2 is 2.50 bits per heavy atom. The van der Waals surface area contributed by atoms with Gasteiger partial charge in [0.15, 0.2) is 0 Å². The van der Waals surface area contributed by atoms with E-state index in [2.05, 4.69) is 27.8 Å². The van der Waals surface area contributed by atoms with Crippen LogP contribution in [0.2, 0.25) is 0 Å². The van der Waals surface area contributed by atoms with E-state index in [1.807, 2.05) is 6.92 Å². The van der Waals surface area contributed by atoms with Crippen LogP contribution in [0.25, 0.3) is 0 Å². The highest BCUT2D eigenvalue weighted by atomic mass is 32.1. The third-order valence-electron chi connectivity index (χ3n) is 2.48. The number of aryl methyl sites for hydroxylation is 1. The number of hydrogen-bond acceptors (Lipinski definition) is 3. The van der Waals surface area contributed by atoms with Crippen molar-refractivity contribution in [1.29, 1.82) is 0 Å². The largest absolute Gasteiger partial charge is 0.307 e. The van der Waals surface area contributed by atoms with Crippen molar-refractivity contribution in [3.05, 3.63) is 28.2 Å². The molecule has 3 heteroatoms. The Hall–Kier alpha value is -0.670. The van der Waals surface area contributed by atoms with Gasteiger partial charge in [-0.2, -0.15) is 0 Å². The Bertz CT molecular complexity index is 317. The van der Waals surface area contributed by atoms with E-state index in [1.54, 1.807) is 11.3 Å². The zero-order valence-corrected chi connectivity index (χ0v) is 9.31. The van der Waals surface area contributed by atoms with Crippen molar-refractivity contribution in [1.82, 2.24) is 10.3 Å². The van der Waals surface area contributed by atoms with Crippen molar-refractivity contribution in [3.63, 3.8) is 0 Å². The molecular weight excluding hydrogens is 192 g/mol. The number of nitrogens with zero attached hydrogens (tertiary/aromatic N) is 1. The zero-order valence-electron chi connectivity index (χ0n) is 8.49. The summed E-state index contributed by atoms with van der Waals surface area (Å²) in [4.78, 5) is 4.43. The van der Waals surface area contributed by atoms with Crippen molar-refractivity contribution < 1.29 is 0 Å². The van der Waals surface area contributed by atoms with Gasteiger partial charge in [0.2, 0.25) is 0 Å². The maximum absolute atomic E-state index is 4.43. The molecule has 1 heterocycles. The second-order valence-corrected chi connectivity index (χ2v) is 4.69. The van der Waals surface area contributed by atoms with Crippen LogP contribution >= 0.6 is 11.3 Å². The molecule has 1 aromatic rings. The first kappa shape index (κ1) is 9.87. The highest BCUT2D eigenvalue weighted by Crippen LogP contribution is 2.13. The highest BCUT2D eigenvalue weighted by molar-refractivity contribution is 7.09. The number of nitrogens with one attached hydrogen (secondary N) is 1. The number of allylic oxidation sites excluding steroid dienone is 1. The summed E-state index contributed by atoms with van der Waals surface area (Å²) in [5.41, 5.74) is 1.13. The minimum Gasteiger partial charge on any atom is -0.307 e. The molecule has 0 saturated carbocycles. The summed E-state index contributed by atoms with van der Waals surface area (Å²) in [5, 5.41) is 6.86. The lowest BCUT2D eigenvalue weighted by atomic mass is 10.0. The molecule has 76 valence electrons. The molecule has 0 saturated heterocycles. The first-order valence-corrected chi connectivity index (χ1v) is 6.02. The Morgan fingerprint density at radius 1 is 1.57 bits per heavy atom. The van der Waals surface area contributed by atoms with Crippen LogP contribution in [0.3, 0.4) is 0 Å². The van der Waals surface area contributed by atoms with Crippen LogP contribution < -0.4 is 5.32 Å². The summed E-state index contributed by atoms with van der Waals surface area (Å²) in [5.74, 6) is 0. The van der Waals surface area contributed by atoms with Gasteiger partial charge in [-0.25, -0.2) is 4.98 Å². The van der Waals surface area contributed by atoms with E-state index in [9.17, 15) is 0 Å². The molecule has 14 heavy (non-hydrogen) atoms. The molecule has 1 unspecified atom stereocenters. The summed E-state index contributed by atoms with van der Waals surface area (Å²) in [6, 6.07) is 0.657. The first-order valence-electron chi connectivity index (χ1n) is 5.14. The lowest BCUT2D eigenvalue weighted by Gasteiger charge is -2.18. The quantitative estimate of drug-likeness (QED) is 0.772. The van der Waals surface area contributed by atoms with E-state index in [-0.39, 0.29) is 0 Å². The lowest BCUT2D eigenvalue weighted by Crippen LogP contribution is -2.29. The van der Waals surface area contributed by atoms with Crippen LogP contribution in [0.5, 0.6) is 0 Å². The average molecular weight is 208 g/mol. The fourth-order valence-corrected chi connectivity index (χ4v) is 2.42. The first-order chi connectivity index (χ1) is 6.84. The van der Waals surface area contributed by atoms with Gasteiger partial charge in [0, 0.05) is 23.7 Å². The third kappa shape index (κ3) is 2.66. The molecule has 1 aliphatic rings. The molecule has 0 aromatic carbocycles. The van der Waals surface area contributed by atoms with E-state index in [1.165, 1.54) is 24.3 Å². The van der Waals surface area contributed by atoms with Crippen molar-refractivity contribution in [2.24, 2.45) is 0 Å². The summed E-state index contributed by atoms with van der Waals surface area (Å²) < 4.78 is 0. The molecular formula is C11H16N2S. The van der Waals surface area contributed by atoms with Crippen LogP contribution in [0.15, 0.2) is 17.5 Å². The minimum absolute atomic E-state index is 0.657. The van der Waals surface area contributed by atoms with E-state index in [0.29, 0.717) is 6.04 Å².